The Labute approximate surface area is 84.2 Å². The van der Waals surface area contributed by atoms with Crippen molar-refractivity contribution in [1.82, 2.24) is 5.32 Å². The van der Waals surface area contributed by atoms with Gasteiger partial charge in [-0.1, -0.05) is 19.9 Å². The highest BCUT2D eigenvalue weighted by atomic mass is 32.1. The van der Waals surface area contributed by atoms with E-state index in [4.69, 9.17) is 0 Å². The van der Waals surface area contributed by atoms with Crippen LogP contribution >= 0.6 is 11.3 Å². The van der Waals surface area contributed by atoms with Crippen LogP contribution in [0.4, 0.5) is 0 Å². The van der Waals surface area contributed by atoms with E-state index in [1.807, 2.05) is 11.3 Å². The molecule has 1 unspecified atom stereocenters. The van der Waals surface area contributed by atoms with Gasteiger partial charge in [0.05, 0.1) is 0 Å². The normalized spacial score (nSPS) is 19.3. The van der Waals surface area contributed by atoms with Crippen LogP contribution in [0.5, 0.6) is 0 Å². The molecule has 1 aliphatic rings. The van der Waals surface area contributed by atoms with Crippen molar-refractivity contribution in [3.8, 4) is 0 Å². The first kappa shape index (κ1) is 9.22. The lowest BCUT2D eigenvalue weighted by atomic mass is 10.1. The van der Waals surface area contributed by atoms with Crippen molar-refractivity contribution < 1.29 is 0 Å². The number of rotatable bonds is 4. The van der Waals surface area contributed by atoms with Crippen molar-refractivity contribution in [3.63, 3.8) is 0 Å². The minimum absolute atomic E-state index is 0.590. The van der Waals surface area contributed by atoms with Crippen LogP contribution in [-0.4, -0.2) is 6.04 Å². The van der Waals surface area contributed by atoms with E-state index in [0.717, 1.165) is 5.92 Å². The largest absolute Gasteiger partial charge is 0.307 e. The SMILES string of the molecule is CC(C)NC(c1cccs1)C1CC1. The van der Waals surface area contributed by atoms with Crippen molar-refractivity contribution in [1.29, 1.82) is 0 Å². The highest BCUT2D eigenvalue weighted by Gasteiger charge is 2.32. The van der Waals surface area contributed by atoms with Gasteiger partial charge in [-0.05, 0) is 30.2 Å². The number of thiophene rings is 1. The van der Waals surface area contributed by atoms with Crippen LogP contribution in [0.15, 0.2) is 17.5 Å². The van der Waals surface area contributed by atoms with E-state index >= 15 is 0 Å². The van der Waals surface area contributed by atoms with Crippen molar-refractivity contribution in [2.45, 2.75) is 38.8 Å². The van der Waals surface area contributed by atoms with Crippen LogP contribution in [0.25, 0.3) is 0 Å². The van der Waals surface area contributed by atoms with Crippen LogP contribution < -0.4 is 5.32 Å². The summed E-state index contributed by atoms with van der Waals surface area (Å²) in [6.07, 6.45) is 2.81. The van der Waals surface area contributed by atoms with Gasteiger partial charge >= 0.3 is 0 Å². The molecular formula is C11H17NS. The quantitative estimate of drug-likeness (QED) is 0.778. The summed E-state index contributed by atoms with van der Waals surface area (Å²) in [6, 6.07) is 5.62. The van der Waals surface area contributed by atoms with E-state index in [0.29, 0.717) is 12.1 Å². The molecule has 1 saturated carbocycles. The fourth-order valence-electron chi connectivity index (χ4n) is 1.71. The van der Waals surface area contributed by atoms with Gasteiger partial charge in [0.2, 0.25) is 0 Å². The maximum atomic E-state index is 3.65. The predicted molar refractivity (Wildman–Crippen MR) is 58.1 cm³/mol. The third-order valence-corrected chi connectivity index (χ3v) is 3.41. The number of nitrogens with one attached hydrogen (secondary N) is 1. The molecule has 1 aromatic heterocycles. The molecule has 1 atom stereocenters. The minimum Gasteiger partial charge on any atom is -0.307 e. The second kappa shape index (κ2) is 3.81. The van der Waals surface area contributed by atoms with E-state index in [-0.39, 0.29) is 0 Å². The lowest BCUT2D eigenvalue weighted by Crippen LogP contribution is -2.28. The zero-order valence-corrected chi connectivity index (χ0v) is 9.10. The molecule has 1 nitrogen and oxygen atoms in total. The third-order valence-electron chi connectivity index (χ3n) is 2.46. The molecule has 0 saturated heterocycles. The average Bonchev–Trinajstić information content (AvgIpc) is 2.77. The van der Waals surface area contributed by atoms with E-state index in [1.54, 1.807) is 0 Å². The molecule has 1 fully saturated rings. The predicted octanol–water partition coefficient (Wildman–Crippen LogP) is 3.20. The first-order chi connectivity index (χ1) is 6.27. The Balaban J connectivity index is 2.05. The topological polar surface area (TPSA) is 12.0 Å². The van der Waals surface area contributed by atoms with E-state index < -0.39 is 0 Å². The molecule has 13 heavy (non-hydrogen) atoms. The smallest absolute Gasteiger partial charge is 0.0445 e. The summed E-state index contributed by atoms with van der Waals surface area (Å²) in [5.41, 5.74) is 0. The molecule has 2 rings (SSSR count). The summed E-state index contributed by atoms with van der Waals surface area (Å²) in [5, 5.41) is 5.83. The second-order valence-corrected chi connectivity index (χ2v) is 5.13. The maximum absolute atomic E-state index is 3.65. The summed E-state index contributed by atoms with van der Waals surface area (Å²) in [5.74, 6) is 0.904. The Morgan fingerprint density at radius 2 is 2.23 bits per heavy atom. The van der Waals surface area contributed by atoms with Gasteiger partial charge in [0.25, 0.3) is 0 Å². The standard InChI is InChI=1S/C11H17NS/c1-8(2)12-11(9-5-6-9)10-4-3-7-13-10/h3-4,7-9,11-12H,5-6H2,1-2H3. The van der Waals surface area contributed by atoms with Crippen LogP contribution in [-0.2, 0) is 0 Å². The minimum atomic E-state index is 0.590. The maximum Gasteiger partial charge on any atom is 0.0445 e. The van der Waals surface area contributed by atoms with E-state index in [9.17, 15) is 0 Å². The molecule has 0 aliphatic heterocycles. The monoisotopic (exact) mass is 195 g/mol. The Hall–Kier alpha value is -0.340. The lowest BCUT2D eigenvalue weighted by molar-refractivity contribution is 0.442. The van der Waals surface area contributed by atoms with E-state index in [2.05, 4.69) is 36.7 Å². The lowest BCUT2D eigenvalue weighted by Gasteiger charge is -2.19. The van der Waals surface area contributed by atoms with Gasteiger partial charge in [0.1, 0.15) is 0 Å². The highest BCUT2D eigenvalue weighted by molar-refractivity contribution is 7.10. The zero-order chi connectivity index (χ0) is 9.26. The third kappa shape index (κ3) is 2.32. The van der Waals surface area contributed by atoms with E-state index in [1.165, 1.54) is 17.7 Å². The summed E-state index contributed by atoms with van der Waals surface area (Å²) < 4.78 is 0. The van der Waals surface area contributed by atoms with Crippen LogP contribution in [0.1, 0.15) is 37.6 Å². The molecule has 0 amide bonds. The summed E-state index contributed by atoms with van der Waals surface area (Å²) in [4.78, 5) is 1.51. The Kier molecular flexibility index (Phi) is 2.70. The summed E-state index contributed by atoms with van der Waals surface area (Å²) >= 11 is 1.88. The fraction of sp³-hybridized carbons (Fsp3) is 0.636. The molecule has 0 bridgehead atoms. The van der Waals surface area contributed by atoms with Crippen LogP contribution in [0.3, 0.4) is 0 Å². The van der Waals surface area contributed by atoms with Gasteiger partial charge in [0, 0.05) is 17.0 Å². The molecule has 1 N–H and O–H groups in total. The fourth-order valence-corrected chi connectivity index (χ4v) is 2.59. The van der Waals surface area contributed by atoms with Gasteiger partial charge in [-0.2, -0.15) is 0 Å². The molecule has 1 heterocycles. The van der Waals surface area contributed by atoms with Crippen molar-refractivity contribution >= 4 is 11.3 Å². The van der Waals surface area contributed by atoms with Crippen molar-refractivity contribution in [3.05, 3.63) is 22.4 Å². The van der Waals surface area contributed by atoms with Crippen LogP contribution in [0.2, 0.25) is 0 Å². The Bertz CT molecular complexity index is 249. The molecule has 0 radical (unpaired) electrons. The Morgan fingerprint density at radius 3 is 2.69 bits per heavy atom. The first-order valence-corrected chi connectivity index (χ1v) is 5.95. The van der Waals surface area contributed by atoms with Crippen LogP contribution in [0, 0.1) is 5.92 Å². The zero-order valence-electron chi connectivity index (χ0n) is 8.29. The average molecular weight is 195 g/mol. The molecule has 2 heteroatoms. The molecule has 0 aromatic carbocycles. The molecule has 1 aromatic rings. The molecule has 72 valence electrons. The highest BCUT2D eigenvalue weighted by Crippen LogP contribution is 2.42. The van der Waals surface area contributed by atoms with Crippen molar-refractivity contribution in [2.75, 3.05) is 0 Å². The van der Waals surface area contributed by atoms with Gasteiger partial charge in [-0.3, -0.25) is 0 Å². The first-order valence-electron chi connectivity index (χ1n) is 5.07. The molecular weight excluding hydrogens is 178 g/mol. The Morgan fingerprint density at radius 1 is 1.46 bits per heavy atom. The van der Waals surface area contributed by atoms with Crippen molar-refractivity contribution in [2.24, 2.45) is 5.92 Å². The summed E-state index contributed by atoms with van der Waals surface area (Å²) in [6.45, 7) is 4.45. The van der Waals surface area contributed by atoms with Gasteiger partial charge < -0.3 is 5.32 Å². The van der Waals surface area contributed by atoms with Gasteiger partial charge in [0.15, 0.2) is 0 Å². The van der Waals surface area contributed by atoms with Gasteiger partial charge in [-0.15, -0.1) is 11.3 Å². The van der Waals surface area contributed by atoms with Gasteiger partial charge in [-0.25, -0.2) is 0 Å². The number of hydrogen-bond donors (Lipinski definition) is 1. The number of hydrogen-bond acceptors (Lipinski definition) is 2. The summed E-state index contributed by atoms with van der Waals surface area (Å²) in [7, 11) is 0. The molecule has 1 aliphatic carbocycles. The second-order valence-electron chi connectivity index (χ2n) is 4.15. The molecule has 0 spiro atoms.